The highest BCUT2D eigenvalue weighted by Gasteiger charge is 2.25. The molecule has 1 aliphatic rings. The van der Waals surface area contributed by atoms with Crippen molar-refractivity contribution in [2.45, 2.75) is 18.9 Å². The number of halogens is 1. The Morgan fingerprint density at radius 1 is 1.14 bits per heavy atom. The molecule has 1 atom stereocenters. The number of nitrogens with zero attached hydrogens (tertiary/aromatic N) is 3. The number of aryl methyl sites for hydroxylation is 1. The average molecular weight is 398 g/mol. The van der Waals surface area contributed by atoms with Crippen molar-refractivity contribution in [3.63, 3.8) is 0 Å². The number of carbonyl (C=O) groups excluding carboxylic acids is 1. The van der Waals surface area contributed by atoms with Crippen molar-refractivity contribution in [1.82, 2.24) is 15.0 Å². The summed E-state index contributed by atoms with van der Waals surface area (Å²) in [5.74, 6) is 1.01. The predicted octanol–water partition coefficient (Wildman–Crippen LogP) is 3.92. The van der Waals surface area contributed by atoms with E-state index in [1.54, 1.807) is 12.1 Å². The normalized spacial score (nSPS) is 16.9. The quantitative estimate of drug-likeness (QED) is 0.652. The van der Waals surface area contributed by atoms with Crippen LogP contribution in [0, 0.1) is 0 Å². The summed E-state index contributed by atoms with van der Waals surface area (Å²) in [6.07, 6.45) is 0.648. The summed E-state index contributed by atoms with van der Waals surface area (Å²) in [7, 11) is 0. The summed E-state index contributed by atoms with van der Waals surface area (Å²) < 4.78 is 11.1. The van der Waals surface area contributed by atoms with Crippen LogP contribution >= 0.6 is 11.6 Å². The van der Waals surface area contributed by atoms with Crippen LogP contribution in [0.3, 0.4) is 0 Å². The standard InChI is InChI=1S/C21H20ClN3O3/c22-17-8-6-16(7-9-17)21-23-19(28-24-21)10-11-20(26)25-12-13-27-18(14-25)15-4-2-1-3-5-15/h1-9,18H,10-14H2. The van der Waals surface area contributed by atoms with Crippen LogP contribution in [0.2, 0.25) is 5.02 Å². The molecular weight excluding hydrogens is 378 g/mol. The number of aromatic nitrogens is 2. The molecule has 3 aromatic rings. The van der Waals surface area contributed by atoms with Gasteiger partial charge in [-0.15, -0.1) is 0 Å². The van der Waals surface area contributed by atoms with Gasteiger partial charge in [-0.3, -0.25) is 4.79 Å². The number of benzene rings is 2. The second kappa shape index (κ2) is 8.54. The lowest BCUT2D eigenvalue weighted by atomic mass is 10.1. The second-order valence-electron chi connectivity index (χ2n) is 6.63. The summed E-state index contributed by atoms with van der Waals surface area (Å²) in [5.41, 5.74) is 1.91. The Kier molecular flexibility index (Phi) is 5.69. The molecule has 2 aromatic carbocycles. The molecule has 1 aliphatic heterocycles. The Morgan fingerprint density at radius 2 is 1.93 bits per heavy atom. The van der Waals surface area contributed by atoms with Gasteiger partial charge in [0.25, 0.3) is 0 Å². The highest BCUT2D eigenvalue weighted by molar-refractivity contribution is 6.30. The zero-order valence-electron chi connectivity index (χ0n) is 15.3. The number of hydrogen-bond acceptors (Lipinski definition) is 5. The van der Waals surface area contributed by atoms with Crippen molar-refractivity contribution >= 4 is 17.5 Å². The Labute approximate surface area is 168 Å². The molecule has 1 fully saturated rings. The monoisotopic (exact) mass is 397 g/mol. The molecule has 2 heterocycles. The smallest absolute Gasteiger partial charge is 0.227 e. The van der Waals surface area contributed by atoms with Crippen LogP contribution in [-0.2, 0) is 16.0 Å². The molecule has 0 N–H and O–H groups in total. The van der Waals surface area contributed by atoms with Crippen LogP contribution < -0.4 is 0 Å². The van der Waals surface area contributed by atoms with Gasteiger partial charge in [0.15, 0.2) is 0 Å². The lowest BCUT2D eigenvalue weighted by Gasteiger charge is -2.33. The minimum Gasteiger partial charge on any atom is -0.370 e. The first-order valence-corrected chi connectivity index (χ1v) is 9.60. The highest BCUT2D eigenvalue weighted by Crippen LogP contribution is 2.23. The average Bonchev–Trinajstić information content (AvgIpc) is 3.22. The maximum absolute atomic E-state index is 12.6. The molecule has 1 aromatic heterocycles. The summed E-state index contributed by atoms with van der Waals surface area (Å²) >= 11 is 5.90. The van der Waals surface area contributed by atoms with Gasteiger partial charge in [-0.2, -0.15) is 4.98 Å². The molecule has 4 rings (SSSR count). The SMILES string of the molecule is O=C(CCc1nc(-c2ccc(Cl)cc2)no1)N1CCOC(c2ccccc2)C1. The number of ether oxygens (including phenoxy) is 1. The molecule has 1 unspecified atom stereocenters. The van der Waals surface area contributed by atoms with Crippen molar-refractivity contribution in [2.75, 3.05) is 19.7 Å². The molecule has 0 aliphatic carbocycles. The first-order chi connectivity index (χ1) is 13.7. The molecule has 0 radical (unpaired) electrons. The molecular formula is C21H20ClN3O3. The van der Waals surface area contributed by atoms with E-state index in [0.29, 0.717) is 49.3 Å². The fourth-order valence-electron chi connectivity index (χ4n) is 3.19. The van der Waals surface area contributed by atoms with Gasteiger partial charge in [0, 0.05) is 30.0 Å². The topological polar surface area (TPSA) is 68.5 Å². The van der Waals surface area contributed by atoms with Gasteiger partial charge in [0.1, 0.15) is 6.10 Å². The molecule has 144 valence electrons. The Bertz CT molecular complexity index is 928. The third-order valence-corrected chi connectivity index (χ3v) is 4.97. The fourth-order valence-corrected chi connectivity index (χ4v) is 3.32. The Balaban J connectivity index is 1.33. The van der Waals surface area contributed by atoms with Crippen molar-refractivity contribution in [3.05, 3.63) is 71.1 Å². The molecule has 0 saturated carbocycles. The third kappa shape index (κ3) is 4.40. The number of carbonyl (C=O) groups is 1. The number of hydrogen-bond donors (Lipinski definition) is 0. The first-order valence-electron chi connectivity index (χ1n) is 9.22. The van der Waals surface area contributed by atoms with Crippen molar-refractivity contribution in [1.29, 1.82) is 0 Å². The van der Waals surface area contributed by atoms with Crippen LogP contribution in [0.1, 0.15) is 24.0 Å². The van der Waals surface area contributed by atoms with Crippen LogP contribution in [0.25, 0.3) is 11.4 Å². The van der Waals surface area contributed by atoms with Crippen LogP contribution in [0.4, 0.5) is 0 Å². The van der Waals surface area contributed by atoms with Crippen molar-refractivity contribution in [2.24, 2.45) is 0 Å². The van der Waals surface area contributed by atoms with Crippen molar-refractivity contribution < 1.29 is 14.1 Å². The van der Waals surface area contributed by atoms with Crippen LogP contribution in [0.15, 0.2) is 59.1 Å². The predicted molar refractivity (Wildman–Crippen MR) is 105 cm³/mol. The first kappa shape index (κ1) is 18.7. The maximum atomic E-state index is 12.6. The lowest BCUT2D eigenvalue weighted by Crippen LogP contribution is -2.42. The van der Waals surface area contributed by atoms with E-state index < -0.39 is 0 Å². The maximum Gasteiger partial charge on any atom is 0.227 e. The van der Waals surface area contributed by atoms with Gasteiger partial charge in [-0.1, -0.05) is 47.1 Å². The summed E-state index contributed by atoms with van der Waals surface area (Å²) in [6, 6.07) is 17.2. The zero-order chi connectivity index (χ0) is 19.3. The van der Waals surface area contributed by atoms with Gasteiger partial charge < -0.3 is 14.2 Å². The molecule has 0 bridgehead atoms. The van der Waals surface area contributed by atoms with E-state index in [4.69, 9.17) is 20.9 Å². The lowest BCUT2D eigenvalue weighted by molar-refractivity contribution is -0.139. The Morgan fingerprint density at radius 3 is 2.71 bits per heavy atom. The van der Waals surface area contributed by atoms with Crippen molar-refractivity contribution in [3.8, 4) is 11.4 Å². The van der Waals surface area contributed by atoms with E-state index in [1.165, 1.54) is 0 Å². The van der Waals surface area contributed by atoms with E-state index in [2.05, 4.69) is 10.1 Å². The fraction of sp³-hybridized carbons (Fsp3) is 0.286. The van der Waals surface area contributed by atoms with Gasteiger partial charge in [0.2, 0.25) is 17.6 Å². The molecule has 7 heteroatoms. The summed E-state index contributed by atoms with van der Waals surface area (Å²) in [5, 5.41) is 4.63. The molecule has 1 amide bonds. The molecule has 1 saturated heterocycles. The summed E-state index contributed by atoms with van der Waals surface area (Å²) in [6.45, 7) is 1.69. The van der Waals surface area contributed by atoms with Gasteiger partial charge >= 0.3 is 0 Å². The third-order valence-electron chi connectivity index (χ3n) is 4.71. The zero-order valence-corrected chi connectivity index (χ0v) is 16.0. The van der Waals surface area contributed by atoms with Gasteiger partial charge in [-0.25, -0.2) is 0 Å². The van der Waals surface area contributed by atoms with Crippen LogP contribution in [-0.4, -0.2) is 40.6 Å². The molecule has 6 nitrogen and oxygen atoms in total. The number of rotatable bonds is 5. The van der Waals surface area contributed by atoms with E-state index in [9.17, 15) is 4.79 Å². The second-order valence-corrected chi connectivity index (χ2v) is 7.06. The van der Waals surface area contributed by atoms with E-state index in [0.717, 1.165) is 11.1 Å². The van der Waals surface area contributed by atoms with E-state index in [-0.39, 0.29) is 12.0 Å². The molecule has 28 heavy (non-hydrogen) atoms. The minimum absolute atomic E-state index is 0.0653. The molecule has 0 spiro atoms. The number of morpholine rings is 1. The highest BCUT2D eigenvalue weighted by atomic mass is 35.5. The summed E-state index contributed by atoms with van der Waals surface area (Å²) in [4.78, 5) is 18.8. The van der Waals surface area contributed by atoms with Gasteiger partial charge in [-0.05, 0) is 29.8 Å². The van der Waals surface area contributed by atoms with E-state index >= 15 is 0 Å². The number of amides is 1. The Hall–Kier alpha value is -2.70. The minimum atomic E-state index is -0.0844. The van der Waals surface area contributed by atoms with E-state index in [1.807, 2.05) is 47.4 Å². The van der Waals surface area contributed by atoms with Crippen LogP contribution in [0.5, 0.6) is 0 Å². The van der Waals surface area contributed by atoms with Gasteiger partial charge in [0.05, 0.1) is 13.2 Å². The largest absolute Gasteiger partial charge is 0.370 e.